The molecule has 0 aliphatic heterocycles. The number of ether oxygens (including phenoxy) is 1. The van der Waals surface area contributed by atoms with Gasteiger partial charge in [-0.25, -0.2) is 4.39 Å². The molecule has 0 aliphatic carbocycles. The molecular weight excluding hydrogens is 252 g/mol. The first-order valence-corrected chi connectivity index (χ1v) is 4.94. The third-order valence-electron chi connectivity index (χ3n) is 1.80. The Hall–Kier alpha value is -1.58. The van der Waals surface area contributed by atoms with Crippen molar-refractivity contribution in [3.8, 4) is 11.8 Å². The molecule has 1 N–H and O–H groups in total. The Morgan fingerprint density at radius 1 is 1.22 bits per heavy atom. The second kappa shape index (κ2) is 6.38. The number of hydrogen-bond donors (Lipinski definition) is 1. The lowest BCUT2D eigenvalue weighted by molar-refractivity contribution is -0.176. The Bertz CT molecular complexity index is 457. The molecular formula is C12H10F4O2. The normalized spacial score (nSPS) is 10.9. The third kappa shape index (κ3) is 5.66. The number of aliphatic hydroxyl groups excluding tert-OH is 1. The van der Waals surface area contributed by atoms with Gasteiger partial charge >= 0.3 is 6.18 Å². The van der Waals surface area contributed by atoms with Gasteiger partial charge in [0.1, 0.15) is 19.0 Å². The summed E-state index contributed by atoms with van der Waals surface area (Å²) in [7, 11) is 0. The van der Waals surface area contributed by atoms with Gasteiger partial charge in [-0.2, -0.15) is 13.2 Å². The lowest BCUT2D eigenvalue weighted by Crippen LogP contribution is -2.16. The van der Waals surface area contributed by atoms with Crippen LogP contribution in [-0.2, 0) is 11.3 Å². The summed E-state index contributed by atoms with van der Waals surface area (Å²) in [5.74, 6) is 4.16. The first kappa shape index (κ1) is 14.5. The van der Waals surface area contributed by atoms with Crippen molar-refractivity contribution >= 4 is 0 Å². The van der Waals surface area contributed by atoms with E-state index in [9.17, 15) is 17.6 Å². The first-order chi connectivity index (χ1) is 8.40. The smallest absolute Gasteiger partial charge is 0.384 e. The predicted octanol–water partition coefficient (Wildman–Crippen LogP) is 2.25. The lowest BCUT2D eigenvalue weighted by atomic mass is 10.1. The standard InChI is InChI=1S/C12H10F4O2/c13-11-5-9(2-1-3-17)4-10(6-11)7-18-8-12(14,15)16/h4-6,17H,3,7-8H2. The molecule has 1 aromatic rings. The zero-order valence-corrected chi connectivity index (χ0v) is 9.22. The molecule has 0 aromatic heterocycles. The molecule has 0 saturated heterocycles. The maximum atomic E-state index is 13.1. The van der Waals surface area contributed by atoms with Crippen molar-refractivity contribution in [3.63, 3.8) is 0 Å². The molecule has 0 heterocycles. The molecule has 1 aromatic carbocycles. The molecule has 0 saturated carbocycles. The van der Waals surface area contributed by atoms with Crippen molar-refractivity contribution < 1.29 is 27.4 Å². The molecule has 6 heteroatoms. The van der Waals surface area contributed by atoms with E-state index in [1.807, 2.05) is 0 Å². The predicted molar refractivity (Wildman–Crippen MR) is 56.1 cm³/mol. The van der Waals surface area contributed by atoms with Crippen molar-refractivity contribution in [1.82, 2.24) is 0 Å². The van der Waals surface area contributed by atoms with Crippen LogP contribution in [-0.4, -0.2) is 24.5 Å². The van der Waals surface area contributed by atoms with Crippen LogP contribution in [0.15, 0.2) is 18.2 Å². The van der Waals surface area contributed by atoms with Gasteiger partial charge in [-0.1, -0.05) is 11.8 Å². The van der Waals surface area contributed by atoms with Gasteiger partial charge in [0.05, 0.1) is 6.61 Å². The number of alkyl halides is 3. The topological polar surface area (TPSA) is 29.5 Å². The highest BCUT2D eigenvalue weighted by Gasteiger charge is 2.27. The van der Waals surface area contributed by atoms with Crippen LogP contribution in [0.4, 0.5) is 17.6 Å². The largest absolute Gasteiger partial charge is 0.411 e. The Morgan fingerprint density at radius 3 is 2.56 bits per heavy atom. The Kier molecular flexibility index (Phi) is 5.13. The summed E-state index contributed by atoms with van der Waals surface area (Å²) < 4.78 is 53.0. The minimum absolute atomic E-state index is 0.251. The second-order valence-corrected chi connectivity index (χ2v) is 3.42. The highest BCUT2D eigenvalue weighted by Crippen LogP contribution is 2.16. The van der Waals surface area contributed by atoms with Crippen LogP contribution in [0.1, 0.15) is 11.1 Å². The van der Waals surface area contributed by atoms with Crippen molar-refractivity contribution in [2.45, 2.75) is 12.8 Å². The summed E-state index contributed by atoms with van der Waals surface area (Å²) in [6.07, 6.45) is -4.41. The minimum atomic E-state index is -4.41. The van der Waals surface area contributed by atoms with E-state index in [1.54, 1.807) is 0 Å². The molecule has 0 radical (unpaired) electrons. The van der Waals surface area contributed by atoms with Crippen LogP contribution in [0, 0.1) is 17.7 Å². The minimum Gasteiger partial charge on any atom is -0.384 e. The SMILES string of the molecule is OCC#Cc1cc(F)cc(COCC(F)(F)F)c1. The Balaban J connectivity index is 2.68. The summed E-state index contributed by atoms with van der Waals surface area (Å²) in [6.45, 7) is -2.12. The maximum Gasteiger partial charge on any atom is 0.411 e. The molecule has 2 nitrogen and oxygen atoms in total. The molecule has 18 heavy (non-hydrogen) atoms. The lowest BCUT2D eigenvalue weighted by Gasteiger charge is -2.08. The van der Waals surface area contributed by atoms with Gasteiger partial charge in [0.2, 0.25) is 0 Å². The molecule has 0 fully saturated rings. The highest BCUT2D eigenvalue weighted by molar-refractivity contribution is 5.37. The zero-order valence-electron chi connectivity index (χ0n) is 9.22. The van der Waals surface area contributed by atoms with Crippen molar-refractivity contribution in [1.29, 1.82) is 0 Å². The molecule has 0 amide bonds. The number of halogens is 4. The van der Waals surface area contributed by atoms with Gasteiger partial charge in [-0.3, -0.25) is 0 Å². The number of aliphatic hydroxyl groups is 1. The zero-order chi connectivity index (χ0) is 13.6. The molecule has 0 spiro atoms. The third-order valence-corrected chi connectivity index (χ3v) is 1.80. The summed E-state index contributed by atoms with van der Waals surface area (Å²) in [4.78, 5) is 0. The fourth-order valence-electron chi connectivity index (χ4n) is 1.23. The Morgan fingerprint density at radius 2 is 1.94 bits per heavy atom. The van der Waals surface area contributed by atoms with E-state index in [0.29, 0.717) is 0 Å². The molecule has 0 bridgehead atoms. The average Bonchev–Trinajstić information content (AvgIpc) is 2.24. The fourth-order valence-corrected chi connectivity index (χ4v) is 1.23. The molecule has 0 atom stereocenters. The fraction of sp³-hybridized carbons (Fsp3) is 0.333. The first-order valence-electron chi connectivity index (χ1n) is 4.94. The molecule has 0 aliphatic rings. The maximum absolute atomic E-state index is 13.1. The van der Waals surface area contributed by atoms with E-state index < -0.39 is 18.6 Å². The van der Waals surface area contributed by atoms with Crippen LogP contribution in [0.2, 0.25) is 0 Å². The highest BCUT2D eigenvalue weighted by atomic mass is 19.4. The number of hydrogen-bond acceptors (Lipinski definition) is 2. The van der Waals surface area contributed by atoms with Gasteiger partial charge in [-0.05, 0) is 23.8 Å². The summed E-state index contributed by atoms with van der Waals surface area (Å²) >= 11 is 0. The van der Waals surface area contributed by atoms with Crippen LogP contribution in [0.25, 0.3) is 0 Å². The van der Waals surface area contributed by atoms with Gasteiger partial charge in [0.15, 0.2) is 0 Å². The quantitative estimate of drug-likeness (QED) is 0.668. The van der Waals surface area contributed by atoms with Gasteiger partial charge in [0, 0.05) is 5.56 Å². The van der Waals surface area contributed by atoms with Crippen LogP contribution in [0.3, 0.4) is 0 Å². The monoisotopic (exact) mass is 262 g/mol. The summed E-state index contributed by atoms with van der Waals surface area (Å²) in [5, 5.41) is 8.48. The Labute approximate surface area is 101 Å². The van der Waals surface area contributed by atoms with Crippen molar-refractivity contribution in [3.05, 3.63) is 35.1 Å². The van der Waals surface area contributed by atoms with Crippen LogP contribution in [0.5, 0.6) is 0 Å². The van der Waals surface area contributed by atoms with Crippen LogP contribution >= 0.6 is 0 Å². The van der Waals surface area contributed by atoms with E-state index in [-0.39, 0.29) is 24.3 Å². The van der Waals surface area contributed by atoms with E-state index in [1.165, 1.54) is 6.07 Å². The van der Waals surface area contributed by atoms with Gasteiger partial charge < -0.3 is 9.84 Å². The number of benzene rings is 1. The average molecular weight is 262 g/mol. The molecule has 1 rings (SSSR count). The van der Waals surface area contributed by atoms with E-state index in [2.05, 4.69) is 16.6 Å². The molecule has 98 valence electrons. The van der Waals surface area contributed by atoms with E-state index in [0.717, 1.165) is 12.1 Å². The molecule has 0 unspecified atom stereocenters. The van der Waals surface area contributed by atoms with Gasteiger partial charge in [-0.15, -0.1) is 0 Å². The summed E-state index contributed by atoms with van der Waals surface area (Å²) in [5.41, 5.74) is 0.524. The van der Waals surface area contributed by atoms with E-state index in [4.69, 9.17) is 5.11 Å². The van der Waals surface area contributed by atoms with Gasteiger partial charge in [0.25, 0.3) is 0 Å². The van der Waals surface area contributed by atoms with E-state index >= 15 is 0 Å². The second-order valence-electron chi connectivity index (χ2n) is 3.42. The number of rotatable bonds is 3. The summed E-state index contributed by atoms with van der Waals surface area (Å²) in [6, 6.07) is 3.60. The van der Waals surface area contributed by atoms with Crippen LogP contribution < -0.4 is 0 Å². The van der Waals surface area contributed by atoms with Crippen molar-refractivity contribution in [2.24, 2.45) is 0 Å². The van der Waals surface area contributed by atoms with Crippen molar-refractivity contribution in [2.75, 3.05) is 13.2 Å².